The zero-order valence-corrected chi connectivity index (χ0v) is 19.3. The molecule has 2 aromatic rings. The van der Waals surface area contributed by atoms with E-state index < -0.39 is 0 Å². The highest BCUT2D eigenvalue weighted by Crippen LogP contribution is 2.20. The van der Waals surface area contributed by atoms with Crippen molar-refractivity contribution in [2.24, 2.45) is 0 Å². The first-order valence-corrected chi connectivity index (χ1v) is 12.1. The van der Waals surface area contributed by atoms with Gasteiger partial charge in [0.15, 0.2) is 0 Å². The Morgan fingerprint density at radius 2 is 1.70 bits per heavy atom. The van der Waals surface area contributed by atoms with E-state index >= 15 is 0 Å². The molecule has 0 aliphatic carbocycles. The van der Waals surface area contributed by atoms with Crippen LogP contribution in [0.4, 0.5) is 0 Å². The van der Waals surface area contributed by atoms with Gasteiger partial charge in [0, 0.05) is 25.2 Å². The van der Waals surface area contributed by atoms with Crippen molar-refractivity contribution in [3.05, 3.63) is 29.6 Å². The highest BCUT2D eigenvalue weighted by molar-refractivity contribution is 5.97. The summed E-state index contributed by atoms with van der Waals surface area (Å²) >= 11 is 0. The molecular weight excluding hydrogens is 372 g/mol. The summed E-state index contributed by atoms with van der Waals surface area (Å²) in [7, 11) is 0. The molecule has 5 heteroatoms. The van der Waals surface area contributed by atoms with Gasteiger partial charge < -0.3 is 14.4 Å². The van der Waals surface area contributed by atoms with E-state index in [-0.39, 0.29) is 5.91 Å². The molecule has 1 fully saturated rings. The molecule has 2 heterocycles. The van der Waals surface area contributed by atoms with E-state index in [0.717, 1.165) is 80.7 Å². The zero-order chi connectivity index (χ0) is 21.3. The van der Waals surface area contributed by atoms with Crippen LogP contribution in [0.2, 0.25) is 0 Å². The number of unbranched alkanes of at least 4 members (excludes halogenated alkanes) is 2. The molecule has 30 heavy (non-hydrogen) atoms. The smallest absolute Gasteiger partial charge is 0.253 e. The maximum atomic E-state index is 13.2. The molecule has 0 N–H and O–H groups in total. The lowest BCUT2D eigenvalue weighted by atomic mass is 10.1. The number of piperidine rings is 1. The van der Waals surface area contributed by atoms with Gasteiger partial charge in [-0.25, -0.2) is 4.98 Å². The third-order valence-electron chi connectivity index (χ3n) is 6.34. The average Bonchev–Trinajstić information content (AvgIpc) is 3.08. The van der Waals surface area contributed by atoms with Crippen molar-refractivity contribution in [3.8, 4) is 0 Å². The van der Waals surface area contributed by atoms with Gasteiger partial charge in [-0.3, -0.25) is 4.79 Å². The van der Waals surface area contributed by atoms with Crippen LogP contribution in [0.5, 0.6) is 0 Å². The third kappa shape index (κ3) is 5.84. The quantitative estimate of drug-likeness (QED) is 0.505. The minimum atomic E-state index is 0.164. The highest BCUT2D eigenvalue weighted by Gasteiger charge is 2.17. The molecule has 1 aromatic heterocycles. The monoisotopic (exact) mass is 412 g/mol. The summed E-state index contributed by atoms with van der Waals surface area (Å²) in [4.78, 5) is 22.6. The average molecular weight is 413 g/mol. The van der Waals surface area contributed by atoms with Crippen LogP contribution < -0.4 is 0 Å². The van der Waals surface area contributed by atoms with Gasteiger partial charge in [0.05, 0.1) is 11.0 Å². The molecule has 0 atom stereocenters. The van der Waals surface area contributed by atoms with E-state index in [2.05, 4.69) is 36.3 Å². The van der Waals surface area contributed by atoms with E-state index in [4.69, 9.17) is 4.98 Å². The van der Waals surface area contributed by atoms with Gasteiger partial charge in [0.25, 0.3) is 5.91 Å². The van der Waals surface area contributed by atoms with Gasteiger partial charge in [-0.15, -0.1) is 0 Å². The van der Waals surface area contributed by atoms with Gasteiger partial charge in [0.1, 0.15) is 5.82 Å². The van der Waals surface area contributed by atoms with Crippen LogP contribution in [-0.2, 0) is 6.54 Å². The van der Waals surface area contributed by atoms with Crippen molar-refractivity contribution in [1.29, 1.82) is 0 Å². The van der Waals surface area contributed by atoms with E-state index in [1.165, 1.54) is 32.4 Å². The summed E-state index contributed by atoms with van der Waals surface area (Å²) in [5.74, 6) is 1.21. The Morgan fingerprint density at radius 3 is 2.37 bits per heavy atom. The Morgan fingerprint density at radius 1 is 1.00 bits per heavy atom. The number of likely N-dealkylation sites (tertiary alicyclic amines) is 1. The number of imidazole rings is 1. The summed E-state index contributed by atoms with van der Waals surface area (Å²) in [6.07, 6.45) is 9.53. The summed E-state index contributed by atoms with van der Waals surface area (Å²) in [6, 6.07) is 6.05. The molecule has 1 aliphatic heterocycles. The predicted molar refractivity (Wildman–Crippen MR) is 125 cm³/mol. The topological polar surface area (TPSA) is 41.4 Å². The first-order valence-electron chi connectivity index (χ1n) is 12.1. The van der Waals surface area contributed by atoms with E-state index in [9.17, 15) is 4.79 Å². The number of carbonyl (C=O) groups excluding carboxylic acids is 1. The van der Waals surface area contributed by atoms with Crippen LogP contribution in [0.3, 0.4) is 0 Å². The second kappa shape index (κ2) is 11.5. The molecule has 0 bridgehead atoms. The van der Waals surface area contributed by atoms with E-state index in [1.807, 2.05) is 17.0 Å². The summed E-state index contributed by atoms with van der Waals surface area (Å²) in [6.45, 7) is 12.7. The van der Waals surface area contributed by atoms with E-state index in [0.29, 0.717) is 0 Å². The number of nitrogens with zero attached hydrogens (tertiary/aromatic N) is 4. The van der Waals surface area contributed by atoms with Gasteiger partial charge in [0.2, 0.25) is 0 Å². The first kappa shape index (κ1) is 22.8. The molecule has 166 valence electrons. The highest BCUT2D eigenvalue weighted by atomic mass is 16.2. The SMILES string of the molecule is CCCCN(CCCC)C(=O)c1ccc2nc(C)n(CCCN3CCCCC3)c2c1. The largest absolute Gasteiger partial charge is 0.339 e. The standard InChI is InChI=1S/C25H40N4O/c1-4-6-17-28(18-7-5-2)25(30)22-12-13-23-24(20-22)29(21(3)26-23)19-11-16-27-14-9-8-10-15-27/h12-13,20H,4-11,14-19H2,1-3H3. The van der Waals surface area contributed by atoms with E-state index in [1.54, 1.807) is 0 Å². The van der Waals surface area contributed by atoms with Gasteiger partial charge >= 0.3 is 0 Å². The lowest BCUT2D eigenvalue weighted by Gasteiger charge is -2.26. The Balaban J connectivity index is 1.73. The molecule has 1 saturated heterocycles. The lowest BCUT2D eigenvalue weighted by Crippen LogP contribution is -2.33. The lowest BCUT2D eigenvalue weighted by molar-refractivity contribution is 0.0751. The first-order chi connectivity index (χ1) is 14.6. The molecule has 0 radical (unpaired) electrons. The number of hydrogen-bond donors (Lipinski definition) is 0. The minimum absolute atomic E-state index is 0.164. The predicted octanol–water partition coefficient (Wildman–Crippen LogP) is 5.26. The fourth-order valence-electron chi connectivity index (χ4n) is 4.49. The van der Waals surface area contributed by atoms with Crippen molar-refractivity contribution < 1.29 is 4.79 Å². The molecular formula is C25H40N4O. The second-order valence-electron chi connectivity index (χ2n) is 8.77. The van der Waals surface area contributed by atoms with Gasteiger partial charge in [-0.1, -0.05) is 33.1 Å². The fourth-order valence-corrected chi connectivity index (χ4v) is 4.49. The van der Waals surface area contributed by atoms with Crippen molar-refractivity contribution in [2.45, 2.75) is 78.7 Å². The Labute approximate surface area is 182 Å². The van der Waals surface area contributed by atoms with Crippen LogP contribution in [0.15, 0.2) is 18.2 Å². The molecule has 5 nitrogen and oxygen atoms in total. The van der Waals surface area contributed by atoms with Crippen LogP contribution in [0.1, 0.15) is 81.4 Å². The third-order valence-corrected chi connectivity index (χ3v) is 6.34. The number of amides is 1. The van der Waals surface area contributed by atoms with Gasteiger partial charge in [-0.05, 0) is 76.9 Å². The molecule has 1 aliphatic rings. The minimum Gasteiger partial charge on any atom is -0.339 e. The molecule has 3 rings (SSSR count). The molecule has 1 aromatic carbocycles. The second-order valence-corrected chi connectivity index (χ2v) is 8.77. The molecule has 0 saturated carbocycles. The number of aryl methyl sites for hydroxylation is 2. The van der Waals surface area contributed by atoms with Crippen molar-refractivity contribution >= 4 is 16.9 Å². The number of aromatic nitrogens is 2. The molecule has 1 amide bonds. The Hall–Kier alpha value is -1.88. The van der Waals surface area contributed by atoms with Crippen molar-refractivity contribution in [3.63, 3.8) is 0 Å². The summed E-state index contributed by atoms with van der Waals surface area (Å²) in [5, 5.41) is 0. The fraction of sp³-hybridized carbons (Fsp3) is 0.680. The van der Waals surface area contributed by atoms with Crippen LogP contribution >= 0.6 is 0 Å². The summed E-state index contributed by atoms with van der Waals surface area (Å²) in [5.41, 5.74) is 2.89. The number of fused-ring (bicyclic) bond motifs is 1. The Kier molecular flexibility index (Phi) is 8.74. The van der Waals surface area contributed by atoms with Crippen molar-refractivity contribution in [1.82, 2.24) is 19.4 Å². The summed E-state index contributed by atoms with van der Waals surface area (Å²) < 4.78 is 2.30. The van der Waals surface area contributed by atoms with Crippen LogP contribution in [0.25, 0.3) is 11.0 Å². The maximum Gasteiger partial charge on any atom is 0.253 e. The number of benzene rings is 1. The number of hydrogen-bond acceptors (Lipinski definition) is 3. The maximum absolute atomic E-state index is 13.2. The van der Waals surface area contributed by atoms with Gasteiger partial charge in [-0.2, -0.15) is 0 Å². The molecule has 0 unspecified atom stereocenters. The zero-order valence-electron chi connectivity index (χ0n) is 19.3. The molecule has 0 spiro atoms. The van der Waals surface area contributed by atoms with Crippen molar-refractivity contribution in [2.75, 3.05) is 32.7 Å². The number of rotatable bonds is 11. The normalized spacial score (nSPS) is 15.0. The van der Waals surface area contributed by atoms with Crippen LogP contribution in [0, 0.1) is 6.92 Å². The number of carbonyl (C=O) groups is 1. The van der Waals surface area contributed by atoms with Crippen LogP contribution in [-0.4, -0.2) is 58.0 Å². The Bertz CT molecular complexity index is 799.